The predicted octanol–water partition coefficient (Wildman–Crippen LogP) is 10.5. The molecule has 0 atom stereocenters. The van der Waals surface area contributed by atoms with Crippen molar-refractivity contribution in [2.45, 2.75) is 6.42 Å². The molecule has 0 aliphatic carbocycles. The van der Waals surface area contributed by atoms with Crippen LogP contribution in [0.25, 0.3) is 60.1 Å². The van der Waals surface area contributed by atoms with E-state index in [0.717, 1.165) is 11.4 Å². The number of nitrogen functional groups attached to an aromatic ring is 1. The largest absolute Gasteiger partial charge is 0.390 e. The van der Waals surface area contributed by atoms with Crippen LogP contribution in [0, 0.1) is 0 Å². The predicted molar refractivity (Wildman–Crippen MR) is 190 cm³/mol. The van der Waals surface area contributed by atoms with E-state index in [1.165, 1.54) is 71.2 Å². The fraction of sp³-hybridized carbons (Fsp3) is 0.0500. The van der Waals surface area contributed by atoms with Gasteiger partial charge in [0.1, 0.15) is 0 Å². The van der Waals surface area contributed by atoms with Crippen LogP contribution in [-0.4, -0.2) is 9.13 Å². The van der Waals surface area contributed by atoms with Gasteiger partial charge in [-0.05, 0) is 63.7 Å². The van der Waals surface area contributed by atoms with Gasteiger partial charge in [-0.1, -0.05) is 103 Å². The highest BCUT2D eigenvalue weighted by Gasteiger charge is 2.16. The Morgan fingerprint density at radius 2 is 1.23 bits per heavy atom. The van der Waals surface area contributed by atoms with Crippen molar-refractivity contribution in [1.29, 1.82) is 0 Å². The lowest BCUT2D eigenvalue weighted by Crippen LogP contribution is -1.98. The van der Waals surface area contributed by atoms with Crippen LogP contribution in [0.4, 0.5) is 5.00 Å². The number of benzene rings is 6. The zero-order chi connectivity index (χ0) is 29.6. The van der Waals surface area contributed by atoms with E-state index in [2.05, 4.69) is 161 Å². The second-order valence-corrected chi connectivity index (χ2v) is 12.2. The molecule has 0 saturated heterocycles. The molecule has 0 spiro atoms. The Morgan fingerprint density at radius 1 is 0.545 bits per heavy atom. The molecule has 0 aliphatic heterocycles. The number of aromatic nitrogens is 2. The van der Waals surface area contributed by atoms with Gasteiger partial charge >= 0.3 is 0 Å². The maximum atomic E-state index is 6.17. The van der Waals surface area contributed by atoms with Gasteiger partial charge in [0.15, 0.2) is 0 Å². The first kappa shape index (κ1) is 26.3. The fourth-order valence-corrected chi connectivity index (χ4v) is 7.38. The lowest BCUT2D eigenvalue weighted by Gasteiger charge is -2.11. The molecule has 0 fully saturated rings. The van der Waals surface area contributed by atoms with Crippen LogP contribution in [0.1, 0.15) is 11.1 Å². The molecule has 4 heteroatoms. The highest BCUT2D eigenvalue weighted by atomic mass is 32.1. The molecule has 2 N–H and O–H groups in total. The van der Waals surface area contributed by atoms with Crippen molar-refractivity contribution < 1.29 is 0 Å². The lowest BCUT2D eigenvalue weighted by atomic mass is 10.0. The second kappa shape index (κ2) is 10.7. The molecule has 3 nitrogen and oxygen atoms in total. The standard InChI is InChI=1S/C23H18N2S.C17H13N/c24-23-17(13-14-26-23)15-16-7-6-11-20-19-10-4-5-12-21(19)25(22(16)20)18-8-2-1-3-9-18;1-18-15-9-5-4-8-14(15)17-13-7-3-2-6-12(13)10-11-16(17)18/h1-14H,15,24H2;2-11H,1H3. The van der Waals surface area contributed by atoms with E-state index >= 15 is 0 Å². The maximum absolute atomic E-state index is 6.17. The van der Waals surface area contributed by atoms with Crippen molar-refractivity contribution in [2.75, 3.05) is 5.73 Å². The van der Waals surface area contributed by atoms with Gasteiger partial charge in [-0.15, -0.1) is 11.3 Å². The Bertz CT molecular complexity index is 2440. The topological polar surface area (TPSA) is 35.9 Å². The minimum atomic E-state index is 0.843. The quantitative estimate of drug-likeness (QED) is 0.220. The molecule has 9 rings (SSSR count). The summed E-state index contributed by atoms with van der Waals surface area (Å²) in [5, 5.41) is 10.9. The molecule has 212 valence electrons. The molecule has 0 radical (unpaired) electrons. The summed E-state index contributed by atoms with van der Waals surface area (Å²) < 4.78 is 4.65. The molecular weight excluding hydrogens is 555 g/mol. The molecule has 9 aromatic rings. The number of fused-ring (bicyclic) bond motifs is 8. The van der Waals surface area contributed by atoms with Gasteiger partial charge in [-0.3, -0.25) is 0 Å². The highest BCUT2D eigenvalue weighted by Crippen LogP contribution is 2.36. The minimum absolute atomic E-state index is 0.843. The van der Waals surface area contributed by atoms with Crippen LogP contribution < -0.4 is 5.73 Å². The van der Waals surface area contributed by atoms with Crippen molar-refractivity contribution in [2.24, 2.45) is 7.05 Å². The number of aryl methyl sites for hydroxylation is 1. The highest BCUT2D eigenvalue weighted by molar-refractivity contribution is 7.14. The third-order valence-corrected chi connectivity index (χ3v) is 9.55. The van der Waals surface area contributed by atoms with Crippen LogP contribution in [0.5, 0.6) is 0 Å². The van der Waals surface area contributed by atoms with Gasteiger partial charge in [-0.2, -0.15) is 0 Å². The molecule has 0 aliphatic rings. The average molecular weight is 586 g/mol. The van der Waals surface area contributed by atoms with Gasteiger partial charge in [0, 0.05) is 51.7 Å². The Hall–Kier alpha value is -5.32. The molecule has 0 saturated carbocycles. The lowest BCUT2D eigenvalue weighted by molar-refractivity contribution is 1.01. The smallest absolute Gasteiger partial charge is 0.0892 e. The van der Waals surface area contributed by atoms with Gasteiger partial charge in [0.05, 0.1) is 16.0 Å². The number of thiophene rings is 1. The minimum Gasteiger partial charge on any atom is -0.390 e. The molecular formula is C40H31N3S. The average Bonchev–Trinajstić information content (AvgIpc) is 3.74. The number of rotatable bonds is 3. The third-order valence-electron chi connectivity index (χ3n) is 8.76. The summed E-state index contributed by atoms with van der Waals surface area (Å²) in [5.74, 6) is 0. The number of nitrogens with two attached hydrogens (primary N) is 1. The van der Waals surface area contributed by atoms with Crippen molar-refractivity contribution in [3.63, 3.8) is 0 Å². The van der Waals surface area contributed by atoms with E-state index in [1.807, 2.05) is 0 Å². The molecule has 0 unspecified atom stereocenters. The van der Waals surface area contributed by atoms with Crippen LogP contribution >= 0.6 is 11.3 Å². The fourth-order valence-electron chi connectivity index (χ4n) is 6.71. The molecule has 3 heterocycles. The Morgan fingerprint density at radius 3 is 2.02 bits per heavy atom. The second-order valence-electron chi connectivity index (χ2n) is 11.2. The van der Waals surface area contributed by atoms with Crippen molar-refractivity contribution in [1.82, 2.24) is 9.13 Å². The van der Waals surface area contributed by atoms with Crippen molar-refractivity contribution in [3.05, 3.63) is 156 Å². The number of nitrogens with zero attached hydrogens (tertiary/aromatic N) is 2. The van der Waals surface area contributed by atoms with Crippen LogP contribution in [0.15, 0.2) is 145 Å². The molecule has 0 amide bonds. The summed E-state index contributed by atoms with van der Waals surface area (Å²) in [6, 6.07) is 49.6. The molecule has 44 heavy (non-hydrogen) atoms. The summed E-state index contributed by atoms with van der Waals surface area (Å²) in [4.78, 5) is 0. The van der Waals surface area contributed by atoms with Crippen molar-refractivity contribution in [3.8, 4) is 5.69 Å². The zero-order valence-corrected chi connectivity index (χ0v) is 25.3. The van der Waals surface area contributed by atoms with E-state index in [-0.39, 0.29) is 0 Å². The van der Waals surface area contributed by atoms with Crippen LogP contribution in [0.2, 0.25) is 0 Å². The van der Waals surface area contributed by atoms with E-state index in [0.29, 0.717) is 0 Å². The van der Waals surface area contributed by atoms with E-state index in [9.17, 15) is 0 Å². The number of hydrogen-bond donors (Lipinski definition) is 1. The first-order chi connectivity index (χ1) is 21.7. The van der Waals surface area contributed by atoms with Crippen molar-refractivity contribution >= 4 is 70.7 Å². The van der Waals surface area contributed by atoms with Gasteiger partial charge in [0.25, 0.3) is 0 Å². The summed E-state index contributed by atoms with van der Waals surface area (Å²) in [6.07, 6.45) is 0.843. The van der Waals surface area contributed by atoms with Gasteiger partial charge < -0.3 is 14.9 Å². The van der Waals surface area contributed by atoms with Crippen LogP contribution in [-0.2, 0) is 13.5 Å². The summed E-state index contributed by atoms with van der Waals surface area (Å²) >= 11 is 1.61. The summed E-state index contributed by atoms with van der Waals surface area (Å²) in [7, 11) is 2.14. The summed E-state index contributed by atoms with van der Waals surface area (Å²) in [6.45, 7) is 0. The Kier molecular flexibility index (Phi) is 6.43. The third kappa shape index (κ3) is 4.26. The van der Waals surface area contributed by atoms with E-state index in [1.54, 1.807) is 11.3 Å². The number of anilines is 1. The Labute approximate surface area is 260 Å². The first-order valence-electron chi connectivity index (χ1n) is 14.9. The number of hydrogen-bond acceptors (Lipinski definition) is 2. The normalized spacial score (nSPS) is 11.5. The monoisotopic (exact) mass is 585 g/mol. The summed E-state index contributed by atoms with van der Waals surface area (Å²) in [5.41, 5.74) is 15.0. The number of para-hydroxylation sites is 4. The van der Waals surface area contributed by atoms with Gasteiger partial charge in [-0.25, -0.2) is 0 Å². The van der Waals surface area contributed by atoms with Crippen LogP contribution in [0.3, 0.4) is 0 Å². The van der Waals surface area contributed by atoms with E-state index < -0.39 is 0 Å². The van der Waals surface area contributed by atoms with E-state index in [4.69, 9.17) is 5.73 Å². The SMILES string of the molecule is Cn1c2ccccc2c2c3ccccc3ccc21.Nc1sccc1Cc1cccc2c3ccccc3n(-c3ccccc3)c12. The molecule has 3 aromatic heterocycles. The molecule has 0 bridgehead atoms. The van der Waals surface area contributed by atoms with Gasteiger partial charge in [0.2, 0.25) is 0 Å². The zero-order valence-electron chi connectivity index (χ0n) is 24.4. The molecule has 6 aromatic carbocycles. The first-order valence-corrected chi connectivity index (χ1v) is 15.8. The maximum Gasteiger partial charge on any atom is 0.0892 e. The Balaban J connectivity index is 0.000000140.